The summed E-state index contributed by atoms with van der Waals surface area (Å²) >= 11 is 0. The summed E-state index contributed by atoms with van der Waals surface area (Å²) < 4.78 is 24.0. The first-order valence-electron chi connectivity index (χ1n) is 8.71. The zero-order valence-electron chi connectivity index (χ0n) is 15.0. The Morgan fingerprint density at radius 2 is 1.89 bits per heavy atom. The van der Waals surface area contributed by atoms with Crippen LogP contribution < -0.4 is 5.32 Å². The molecule has 2 aromatic carbocycles. The van der Waals surface area contributed by atoms with E-state index in [1.807, 2.05) is 30.3 Å². The zero-order chi connectivity index (χ0) is 19.2. The highest BCUT2D eigenvalue weighted by Crippen LogP contribution is 2.27. The second kappa shape index (κ2) is 8.49. The van der Waals surface area contributed by atoms with Crippen LogP contribution >= 0.6 is 0 Å². The summed E-state index contributed by atoms with van der Waals surface area (Å²) in [7, 11) is 0. The van der Waals surface area contributed by atoms with Gasteiger partial charge in [-0.3, -0.25) is 4.79 Å². The molecule has 0 aliphatic rings. The highest BCUT2D eigenvalue weighted by atomic mass is 19.1. The van der Waals surface area contributed by atoms with Gasteiger partial charge in [0.25, 0.3) is 5.91 Å². The van der Waals surface area contributed by atoms with E-state index in [2.05, 4.69) is 5.32 Å². The molecule has 0 unspecified atom stereocenters. The van der Waals surface area contributed by atoms with Crippen LogP contribution in [0, 0.1) is 12.7 Å². The Morgan fingerprint density at radius 1 is 1.11 bits per heavy atom. The number of carbonyl (C=O) groups is 2. The van der Waals surface area contributed by atoms with Gasteiger partial charge in [-0.25, -0.2) is 9.18 Å². The minimum absolute atomic E-state index is 0.00677. The Kier molecular flexibility index (Phi) is 5.86. The molecule has 1 aromatic heterocycles. The molecule has 27 heavy (non-hydrogen) atoms. The molecule has 0 fully saturated rings. The Labute approximate surface area is 156 Å². The van der Waals surface area contributed by atoms with Crippen molar-refractivity contribution >= 4 is 22.8 Å². The smallest absolute Gasteiger partial charge is 0.375 e. The predicted octanol–water partition coefficient (Wildman–Crippen LogP) is 3.79. The number of rotatable bonds is 7. The van der Waals surface area contributed by atoms with Crippen LogP contribution in [0.15, 0.2) is 52.9 Å². The van der Waals surface area contributed by atoms with E-state index in [4.69, 9.17) is 9.15 Å². The maximum absolute atomic E-state index is 13.7. The lowest BCUT2D eigenvalue weighted by molar-refractivity contribution is -0.124. The Hall–Kier alpha value is -3.15. The number of furan rings is 1. The summed E-state index contributed by atoms with van der Waals surface area (Å²) in [5.41, 5.74) is 1.69. The molecule has 0 aliphatic carbocycles. The monoisotopic (exact) mass is 369 g/mol. The number of benzene rings is 2. The molecule has 1 amide bonds. The number of hydrogen-bond acceptors (Lipinski definition) is 4. The van der Waals surface area contributed by atoms with Crippen molar-refractivity contribution in [3.8, 4) is 0 Å². The molecule has 0 saturated heterocycles. The topological polar surface area (TPSA) is 68.5 Å². The first kappa shape index (κ1) is 18.6. The molecule has 0 saturated carbocycles. The molecular formula is C21H20FNO4. The molecule has 0 bridgehead atoms. The lowest BCUT2D eigenvalue weighted by atomic mass is 10.1. The fourth-order valence-corrected chi connectivity index (χ4v) is 2.82. The van der Waals surface area contributed by atoms with Crippen LogP contribution in [0.3, 0.4) is 0 Å². The molecule has 0 spiro atoms. The quantitative estimate of drug-likeness (QED) is 0.508. The van der Waals surface area contributed by atoms with Crippen LogP contribution in [0.4, 0.5) is 4.39 Å². The van der Waals surface area contributed by atoms with Crippen molar-refractivity contribution in [3.05, 3.63) is 71.2 Å². The number of fused-ring (bicyclic) bond motifs is 1. The summed E-state index contributed by atoms with van der Waals surface area (Å²) in [5.74, 6) is -1.82. The maximum atomic E-state index is 13.7. The fraction of sp³-hybridized carbons (Fsp3) is 0.238. The van der Waals surface area contributed by atoms with Gasteiger partial charge in [0.15, 0.2) is 18.0 Å². The minimum atomic E-state index is -0.789. The number of aryl methyl sites for hydroxylation is 2. The van der Waals surface area contributed by atoms with Gasteiger partial charge in [-0.15, -0.1) is 0 Å². The van der Waals surface area contributed by atoms with Gasteiger partial charge in [-0.05, 0) is 31.4 Å². The first-order valence-corrected chi connectivity index (χ1v) is 8.71. The van der Waals surface area contributed by atoms with Crippen molar-refractivity contribution in [2.45, 2.75) is 19.8 Å². The molecule has 3 rings (SSSR count). The average molecular weight is 369 g/mol. The molecule has 5 nitrogen and oxygen atoms in total. The predicted molar refractivity (Wildman–Crippen MR) is 99.0 cm³/mol. The summed E-state index contributed by atoms with van der Waals surface area (Å²) in [6, 6.07) is 14.4. The molecule has 6 heteroatoms. The number of nitrogens with one attached hydrogen (secondary N) is 1. The van der Waals surface area contributed by atoms with Crippen LogP contribution in [0.5, 0.6) is 0 Å². The van der Waals surface area contributed by atoms with Crippen molar-refractivity contribution < 1.29 is 23.1 Å². The van der Waals surface area contributed by atoms with Gasteiger partial charge in [0.2, 0.25) is 5.76 Å². The van der Waals surface area contributed by atoms with Gasteiger partial charge < -0.3 is 14.5 Å². The normalized spacial score (nSPS) is 10.7. The molecule has 0 atom stereocenters. The second-order valence-corrected chi connectivity index (χ2v) is 6.19. The molecule has 0 radical (unpaired) electrons. The minimum Gasteiger partial charge on any atom is -0.450 e. The van der Waals surface area contributed by atoms with E-state index in [0.717, 1.165) is 12.8 Å². The van der Waals surface area contributed by atoms with Crippen LogP contribution in [0.1, 0.15) is 28.1 Å². The third-order valence-corrected chi connectivity index (χ3v) is 4.24. The summed E-state index contributed by atoms with van der Waals surface area (Å²) in [4.78, 5) is 24.0. The molecule has 0 aliphatic heterocycles. The fourth-order valence-electron chi connectivity index (χ4n) is 2.82. The van der Waals surface area contributed by atoms with Gasteiger partial charge in [0.1, 0.15) is 0 Å². The molecule has 140 valence electrons. The lowest BCUT2D eigenvalue weighted by Crippen LogP contribution is -2.29. The number of esters is 1. The lowest BCUT2D eigenvalue weighted by Gasteiger charge is -2.06. The number of para-hydroxylation sites is 1. The Morgan fingerprint density at radius 3 is 2.63 bits per heavy atom. The number of amides is 1. The molecular weight excluding hydrogens is 349 g/mol. The van der Waals surface area contributed by atoms with E-state index in [1.54, 1.807) is 13.0 Å². The van der Waals surface area contributed by atoms with Crippen LogP contribution in [0.25, 0.3) is 11.0 Å². The standard InChI is InChI=1S/C21H20FNO4/c1-14-16-10-5-11-17(22)20(16)27-19(14)21(25)26-13-18(24)23-12-6-9-15-7-3-2-4-8-15/h2-5,7-8,10-11H,6,9,12-13H2,1H3,(H,23,24). The van der Waals surface area contributed by atoms with Crippen molar-refractivity contribution in [2.75, 3.05) is 13.2 Å². The molecule has 1 N–H and O–H groups in total. The second-order valence-electron chi connectivity index (χ2n) is 6.19. The van der Waals surface area contributed by atoms with Crippen molar-refractivity contribution in [2.24, 2.45) is 0 Å². The summed E-state index contributed by atoms with van der Waals surface area (Å²) in [6.07, 6.45) is 1.64. The Bertz CT molecular complexity index is 949. The maximum Gasteiger partial charge on any atom is 0.375 e. The van der Waals surface area contributed by atoms with Gasteiger partial charge in [0.05, 0.1) is 0 Å². The van der Waals surface area contributed by atoms with Crippen molar-refractivity contribution in [3.63, 3.8) is 0 Å². The third kappa shape index (κ3) is 4.53. The van der Waals surface area contributed by atoms with Gasteiger partial charge in [0, 0.05) is 17.5 Å². The van der Waals surface area contributed by atoms with E-state index in [0.29, 0.717) is 17.5 Å². The van der Waals surface area contributed by atoms with Gasteiger partial charge in [-0.1, -0.05) is 42.5 Å². The van der Waals surface area contributed by atoms with Gasteiger partial charge >= 0.3 is 5.97 Å². The van der Waals surface area contributed by atoms with E-state index >= 15 is 0 Å². The third-order valence-electron chi connectivity index (χ3n) is 4.24. The van der Waals surface area contributed by atoms with Gasteiger partial charge in [-0.2, -0.15) is 0 Å². The largest absolute Gasteiger partial charge is 0.450 e. The highest BCUT2D eigenvalue weighted by molar-refractivity contribution is 5.96. The van der Waals surface area contributed by atoms with Crippen LogP contribution in [0.2, 0.25) is 0 Å². The van der Waals surface area contributed by atoms with E-state index in [1.165, 1.54) is 17.7 Å². The SMILES string of the molecule is Cc1c(C(=O)OCC(=O)NCCCc2ccccc2)oc2c(F)cccc12. The van der Waals surface area contributed by atoms with E-state index in [-0.39, 0.29) is 11.3 Å². The number of hydrogen-bond donors (Lipinski definition) is 1. The van der Waals surface area contributed by atoms with E-state index in [9.17, 15) is 14.0 Å². The van der Waals surface area contributed by atoms with Crippen molar-refractivity contribution in [1.82, 2.24) is 5.32 Å². The van der Waals surface area contributed by atoms with Crippen LogP contribution in [-0.2, 0) is 16.0 Å². The Balaban J connectivity index is 1.47. The van der Waals surface area contributed by atoms with Crippen LogP contribution in [-0.4, -0.2) is 25.0 Å². The van der Waals surface area contributed by atoms with Crippen molar-refractivity contribution in [1.29, 1.82) is 0 Å². The summed E-state index contributed by atoms with van der Waals surface area (Å²) in [5, 5.41) is 3.21. The molecule has 3 aromatic rings. The number of halogens is 1. The van der Waals surface area contributed by atoms with E-state index < -0.39 is 24.3 Å². The summed E-state index contributed by atoms with van der Waals surface area (Å²) in [6.45, 7) is 1.72. The number of carbonyl (C=O) groups excluding carboxylic acids is 2. The number of ether oxygens (including phenoxy) is 1. The first-order chi connectivity index (χ1) is 13.1. The zero-order valence-corrected chi connectivity index (χ0v) is 15.0. The highest BCUT2D eigenvalue weighted by Gasteiger charge is 2.21. The average Bonchev–Trinajstić information content (AvgIpc) is 3.02. The molecule has 1 heterocycles.